The van der Waals surface area contributed by atoms with Crippen LogP contribution in [-0.2, 0) is 5.33 Å². The lowest BCUT2D eigenvalue weighted by atomic mass is 10.0. The smallest absolute Gasteiger partial charge is 0.119 e. The average molecular weight is 966 g/mol. The lowest BCUT2D eigenvalue weighted by molar-refractivity contribution is 0.304. The molecule has 0 unspecified atom stereocenters. The highest BCUT2D eigenvalue weighted by molar-refractivity contribution is 9.08. The summed E-state index contributed by atoms with van der Waals surface area (Å²) in [6, 6.07) is 52.2. The topological polar surface area (TPSA) is 34.2 Å². The first-order valence-electron chi connectivity index (χ1n) is 25.7. The number of hydrogen-bond acceptors (Lipinski definition) is 5. The Morgan fingerprint density at radius 1 is 0.328 bits per heavy atom. The van der Waals surface area contributed by atoms with Gasteiger partial charge in [-0.15, -0.1) is 0 Å². The van der Waals surface area contributed by atoms with Crippen molar-refractivity contribution in [3.8, 4) is 28.4 Å². The van der Waals surface area contributed by atoms with Gasteiger partial charge in [-0.3, -0.25) is 0 Å². The van der Waals surface area contributed by atoms with Crippen LogP contribution in [0.15, 0.2) is 146 Å². The highest BCUT2D eigenvalue weighted by Crippen LogP contribution is 2.39. The molecule has 0 radical (unpaired) electrons. The Morgan fingerprint density at radius 3 is 0.955 bits per heavy atom. The molecule has 67 heavy (non-hydrogen) atoms. The third kappa shape index (κ3) is 16.8. The first-order valence-corrected chi connectivity index (χ1v) is 26.9. The van der Waals surface area contributed by atoms with E-state index in [1.54, 1.807) is 0 Å². The summed E-state index contributed by atoms with van der Waals surface area (Å²) >= 11 is 3.68. The molecule has 0 aliphatic rings. The van der Waals surface area contributed by atoms with Crippen LogP contribution < -0.4 is 24.0 Å². The molecule has 6 aromatic carbocycles. The molecule has 6 aromatic rings. The first-order chi connectivity index (χ1) is 33.1. The van der Waals surface area contributed by atoms with Crippen molar-refractivity contribution in [1.82, 2.24) is 0 Å². The molecule has 0 aliphatic heterocycles. The predicted octanol–water partition coefficient (Wildman–Crippen LogP) is 19.4. The molecule has 0 atom stereocenters. The van der Waals surface area contributed by atoms with Crippen molar-refractivity contribution >= 4 is 50.1 Å². The molecule has 0 aliphatic carbocycles. The van der Waals surface area contributed by atoms with Crippen molar-refractivity contribution in [2.75, 3.05) is 29.6 Å². The van der Waals surface area contributed by atoms with Crippen molar-refractivity contribution in [2.24, 2.45) is 0 Å². The lowest BCUT2D eigenvalue weighted by Gasteiger charge is -2.27. The number of alkyl halides is 1. The van der Waals surface area contributed by atoms with Crippen LogP contribution in [0.3, 0.4) is 0 Å². The summed E-state index contributed by atoms with van der Waals surface area (Å²) in [5.74, 6) is 2.74. The number of unbranched alkanes of at least 4 members (excludes halogenated alkanes) is 15. The summed E-state index contributed by atoms with van der Waals surface area (Å²) in [6.07, 6.45) is 22.5. The largest absolute Gasteiger partial charge is 0.494 e. The van der Waals surface area contributed by atoms with Gasteiger partial charge in [0.05, 0.1) is 19.8 Å². The molecule has 0 spiro atoms. The average Bonchev–Trinajstić information content (AvgIpc) is 3.37. The van der Waals surface area contributed by atoms with E-state index in [-0.39, 0.29) is 0 Å². The number of anilines is 6. The van der Waals surface area contributed by atoms with Crippen LogP contribution >= 0.6 is 15.9 Å². The van der Waals surface area contributed by atoms with Crippen LogP contribution in [0.1, 0.15) is 142 Å². The summed E-state index contributed by atoms with van der Waals surface area (Å²) in [5, 5.41) is 0.796. The second-order valence-electron chi connectivity index (χ2n) is 17.9. The maximum Gasteiger partial charge on any atom is 0.119 e. The number of halogens is 1. The molecule has 0 N–H and O–H groups in total. The number of rotatable bonds is 32. The second-order valence-corrected chi connectivity index (χ2v) is 18.5. The third-order valence-corrected chi connectivity index (χ3v) is 13.1. The molecular formula is C61H77BrN2O3. The van der Waals surface area contributed by atoms with Crippen molar-refractivity contribution in [3.05, 3.63) is 151 Å². The first kappa shape index (κ1) is 51.2. The van der Waals surface area contributed by atoms with E-state index in [9.17, 15) is 0 Å². The standard InChI is InChI=1S/C61H77BrN2O3/c1-4-7-10-13-16-19-45-65-59-39-33-55(34-40-59)63(56-35-41-60(42-36-56)66-46-20-17-14-11-8-5-2)53-29-25-51(26-30-53)52-27-31-54(32-28-52)64(58-24-22-23-50(48-58)49-62)57-37-43-61(44-38-57)67-47-21-18-15-12-9-6-3/h22-44,48H,4-21,45-47,49H2,1-3H3. The fraction of sp³-hybridized carbons (Fsp3) is 0.410. The Morgan fingerprint density at radius 2 is 0.627 bits per heavy atom. The van der Waals surface area contributed by atoms with E-state index in [4.69, 9.17) is 14.2 Å². The van der Waals surface area contributed by atoms with Crippen LogP contribution in [-0.4, -0.2) is 19.8 Å². The Kier molecular flexibility index (Phi) is 22.6. The van der Waals surface area contributed by atoms with E-state index in [1.165, 1.54) is 102 Å². The molecule has 356 valence electrons. The summed E-state index contributed by atoms with van der Waals surface area (Å²) < 4.78 is 18.5. The van der Waals surface area contributed by atoms with E-state index < -0.39 is 0 Å². The van der Waals surface area contributed by atoms with Gasteiger partial charge in [0.25, 0.3) is 0 Å². The molecule has 5 nitrogen and oxygen atoms in total. The highest BCUT2D eigenvalue weighted by Gasteiger charge is 2.16. The van der Waals surface area contributed by atoms with Crippen LogP contribution in [0, 0.1) is 0 Å². The zero-order valence-corrected chi connectivity index (χ0v) is 42.5. The van der Waals surface area contributed by atoms with Gasteiger partial charge in [0.15, 0.2) is 0 Å². The predicted molar refractivity (Wildman–Crippen MR) is 290 cm³/mol. The highest BCUT2D eigenvalue weighted by atomic mass is 79.9. The van der Waals surface area contributed by atoms with Crippen LogP contribution in [0.5, 0.6) is 17.2 Å². The summed E-state index contributed by atoms with van der Waals surface area (Å²) in [5.41, 5.74) is 10.1. The SMILES string of the molecule is CCCCCCCCOc1ccc(N(c2ccc(OCCCCCCCC)cc2)c2ccc(-c3ccc(N(c4ccc(OCCCCCCCC)cc4)c4cccc(CBr)c4)cc3)cc2)cc1. The minimum absolute atomic E-state index is 0.752. The van der Waals surface area contributed by atoms with Gasteiger partial charge in [-0.05, 0) is 145 Å². The van der Waals surface area contributed by atoms with E-state index >= 15 is 0 Å². The van der Waals surface area contributed by atoms with Gasteiger partial charge < -0.3 is 24.0 Å². The molecule has 0 saturated carbocycles. The van der Waals surface area contributed by atoms with Crippen LogP contribution in [0.25, 0.3) is 11.1 Å². The van der Waals surface area contributed by atoms with Crippen LogP contribution in [0.4, 0.5) is 34.1 Å². The van der Waals surface area contributed by atoms with E-state index in [2.05, 4.69) is 192 Å². The minimum atomic E-state index is 0.752. The van der Waals surface area contributed by atoms with Crippen molar-refractivity contribution in [2.45, 2.75) is 142 Å². The van der Waals surface area contributed by atoms with Crippen molar-refractivity contribution < 1.29 is 14.2 Å². The normalized spacial score (nSPS) is 11.1. The fourth-order valence-corrected chi connectivity index (χ4v) is 8.92. The van der Waals surface area contributed by atoms with Crippen molar-refractivity contribution in [3.63, 3.8) is 0 Å². The summed E-state index contributed by atoms with van der Waals surface area (Å²) in [6.45, 7) is 9.05. The van der Waals surface area contributed by atoms with Gasteiger partial charge in [0.2, 0.25) is 0 Å². The van der Waals surface area contributed by atoms with Gasteiger partial charge >= 0.3 is 0 Å². The zero-order chi connectivity index (χ0) is 46.7. The zero-order valence-electron chi connectivity index (χ0n) is 40.9. The van der Waals surface area contributed by atoms with Gasteiger partial charge in [0.1, 0.15) is 17.2 Å². The lowest BCUT2D eigenvalue weighted by Crippen LogP contribution is -2.10. The molecular weight excluding hydrogens is 889 g/mol. The molecule has 0 fully saturated rings. The van der Waals surface area contributed by atoms with E-state index in [0.29, 0.717) is 0 Å². The number of hydrogen-bond donors (Lipinski definition) is 0. The monoisotopic (exact) mass is 965 g/mol. The minimum Gasteiger partial charge on any atom is -0.494 e. The van der Waals surface area contributed by atoms with Gasteiger partial charge in [-0.1, -0.05) is 169 Å². The van der Waals surface area contributed by atoms with Crippen molar-refractivity contribution in [1.29, 1.82) is 0 Å². The Balaban J connectivity index is 1.17. The molecule has 6 heteroatoms. The van der Waals surface area contributed by atoms with Gasteiger partial charge in [-0.25, -0.2) is 0 Å². The Hall–Kier alpha value is -5.20. The Bertz CT molecular complexity index is 2160. The summed E-state index contributed by atoms with van der Waals surface area (Å²) in [7, 11) is 0. The van der Waals surface area contributed by atoms with E-state index in [0.717, 1.165) is 107 Å². The molecule has 0 aromatic heterocycles. The quantitative estimate of drug-likeness (QED) is 0.0311. The number of nitrogens with zero attached hydrogens (tertiary/aromatic N) is 2. The molecule has 0 saturated heterocycles. The van der Waals surface area contributed by atoms with E-state index in [1.807, 2.05) is 0 Å². The maximum atomic E-state index is 6.18. The maximum absolute atomic E-state index is 6.18. The Labute approximate surface area is 413 Å². The fourth-order valence-electron chi connectivity index (χ4n) is 8.57. The van der Waals surface area contributed by atoms with Gasteiger partial charge in [0, 0.05) is 39.5 Å². The second kappa shape index (κ2) is 29.5. The molecule has 0 bridgehead atoms. The molecule has 0 amide bonds. The number of ether oxygens (including phenoxy) is 3. The van der Waals surface area contributed by atoms with Gasteiger partial charge in [-0.2, -0.15) is 0 Å². The third-order valence-electron chi connectivity index (χ3n) is 12.5. The molecule has 6 rings (SSSR count). The number of benzene rings is 6. The van der Waals surface area contributed by atoms with Crippen LogP contribution in [0.2, 0.25) is 0 Å². The molecule has 0 heterocycles. The summed E-state index contributed by atoms with van der Waals surface area (Å²) in [4.78, 5) is 4.64.